The first-order valence-corrected chi connectivity index (χ1v) is 9.58. The van der Waals surface area contributed by atoms with Crippen LogP contribution in [0.1, 0.15) is 35.8 Å². The maximum atomic E-state index is 13.3. The Bertz CT molecular complexity index is 1030. The fourth-order valence-electron chi connectivity index (χ4n) is 3.84. The molecule has 1 unspecified atom stereocenters. The van der Waals surface area contributed by atoms with E-state index < -0.39 is 29.7 Å². The van der Waals surface area contributed by atoms with Crippen LogP contribution in [0.3, 0.4) is 0 Å². The quantitative estimate of drug-likeness (QED) is 0.437. The fourth-order valence-corrected chi connectivity index (χ4v) is 3.84. The Morgan fingerprint density at radius 2 is 1.61 bits per heavy atom. The molecular formula is C22H17F6N3. The van der Waals surface area contributed by atoms with Gasteiger partial charge in [0.1, 0.15) is 11.5 Å². The van der Waals surface area contributed by atoms with Crippen LogP contribution in [0, 0.1) is 0 Å². The molecule has 4 rings (SSSR count). The van der Waals surface area contributed by atoms with E-state index in [0.29, 0.717) is 24.6 Å². The topological polar surface area (TPSA) is 29.0 Å². The van der Waals surface area contributed by atoms with Crippen LogP contribution in [-0.4, -0.2) is 16.5 Å². The smallest absolute Gasteiger partial charge is 0.348 e. The number of halogens is 6. The number of aromatic nitrogens is 2. The first kappa shape index (κ1) is 21.1. The van der Waals surface area contributed by atoms with Crippen molar-refractivity contribution in [1.82, 2.24) is 9.97 Å². The minimum Gasteiger partial charge on any atom is -0.348 e. The molecule has 3 heterocycles. The zero-order chi connectivity index (χ0) is 22.2. The zero-order valence-electron chi connectivity index (χ0n) is 16.1. The number of benzene rings is 1. The van der Waals surface area contributed by atoms with Crippen molar-refractivity contribution in [1.29, 1.82) is 0 Å². The fraction of sp³-hybridized carbons (Fsp3) is 0.273. The van der Waals surface area contributed by atoms with Gasteiger partial charge in [-0.2, -0.15) is 26.3 Å². The minimum atomic E-state index is -4.99. The normalized spacial score (nSPS) is 17.2. The molecule has 0 saturated carbocycles. The third-order valence-electron chi connectivity index (χ3n) is 5.22. The van der Waals surface area contributed by atoms with Crippen molar-refractivity contribution in [3.63, 3.8) is 0 Å². The highest BCUT2D eigenvalue weighted by Crippen LogP contribution is 2.42. The van der Waals surface area contributed by atoms with Crippen molar-refractivity contribution in [3.05, 3.63) is 77.7 Å². The molecule has 9 heteroatoms. The van der Waals surface area contributed by atoms with Crippen LogP contribution in [0.15, 0.2) is 60.8 Å². The number of alkyl halides is 6. The lowest BCUT2D eigenvalue weighted by Gasteiger charge is -2.28. The molecule has 162 valence electrons. The van der Waals surface area contributed by atoms with Crippen molar-refractivity contribution in [2.45, 2.75) is 31.2 Å². The van der Waals surface area contributed by atoms with Crippen LogP contribution < -0.4 is 4.90 Å². The zero-order valence-corrected chi connectivity index (χ0v) is 16.1. The van der Waals surface area contributed by atoms with E-state index in [2.05, 4.69) is 9.97 Å². The van der Waals surface area contributed by atoms with Crippen molar-refractivity contribution >= 4 is 5.82 Å². The Kier molecular flexibility index (Phi) is 5.36. The number of hydrogen-bond donors (Lipinski definition) is 0. The van der Waals surface area contributed by atoms with Crippen LogP contribution >= 0.6 is 0 Å². The minimum absolute atomic E-state index is 0.0464. The molecular weight excluding hydrogens is 420 g/mol. The molecule has 0 bridgehead atoms. The number of rotatable bonds is 3. The van der Waals surface area contributed by atoms with E-state index in [9.17, 15) is 26.3 Å². The van der Waals surface area contributed by atoms with Crippen LogP contribution in [0.25, 0.3) is 11.1 Å². The van der Waals surface area contributed by atoms with Crippen LogP contribution in [-0.2, 0) is 12.4 Å². The van der Waals surface area contributed by atoms with Gasteiger partial charge in [0.2, 0.25) is 0 Å². The molecule has 1 saturated heterocycles. The van der Waals surface area contributed by atoms with E-state index in [1.807, 2.05) is 36.4 Å². The summed E-state index contributed by atoms with van der Waals surface area (Å²) < 4.78 is 79.7. The van der Waals surface area contributed by atoms with Gasteiger partial charge in [0.15, 0.2) is 0 Å². The molecule has 0 radical (unpaired) electrons. The van der Waals surface area contributed by atoms with Crippen LogP contribution in [0.5, 0.6) is 0 Å². The van der Waals surface area contributed by atoms with Crippen molar-refractivity contribution < 1.29 is 26.3 Å². The largest absolute Gasteiger partial charge is 0.433 e. The number of anilines is 1. The van der Waals surface area contributed by atoms with Gasteiger partial charge in [-0.15, -0.1) is 0 Å². The summed E-state index contributed by atoms with van der Waals surface area (Å²) in [6.07, 6.45) is -7.22. The molecule has 31 heavy (non-hydrogen) atoms. The SMILES string of the molecule is FC(F)(F)c1cc(N2CCCC2c2ncccc2-c2ccccc2)nc(C(F)(F)F)c1. The molecule has 3 nitrogen and oxygen atoms in total. The second-order valence-electron chi connectivity index (χ2n) is 7.25. The summed E-state index contributed by atoms with van der Waals surface area (Å²) in [5.41, 5.74) is -0.695. The summed E-state index contributed by atoms with van der Waals surface area (Å²) in [6, 6.07) is 13.1. The summed E-state index contributed by atoms with van der Waals surface area (Å²) in [6.45, 7) is 0.279. The monoisotopic (exact) mass is 437 g/mol. The lowest BCUT2D eigenvalue weighted by atomic mass is 9.98. The van der Waals surface area contributed by atoms with Gasteiger partial charge < -0.3 is 4.90 Å². The summed E-state index contributed by atoms with van der Waals surface area (Å²) in [5.74, 6) is -0.352. The van der Waals surface area contributed by atoms with Gasteiger partial charge in [0.05, 0.1) is 17.3 Å². The highest BCUT2D eigenvalue weighted by atomic mass is 19.4. The molecule has 3 aromatic rings. The first-order chi connectivity index (χ1) is 14.6. The van der Waals surface area contributed by atoms with E-state index in [0.717, 1.165) is 11.1 Å². The number of pyridine rings is 2. The molecule has 0 amide bonds. The summed E-state index contributed by atoms with van der Waals surface area (Å²) in [4.78, 5) is 9.48. The Balaban J connectivity index is 1.81. The lowest BCUT2D eigenvalue weighted by Crippen LogP contribution is -2.26. The van der Waals surface area contributed by atoms with Crippen LogP contribution in [0.4, 0.5) is 32.2 Å². The van der Waals surface area contributed by atoms with Crippen molar-refractivity contribution in [3.8, 4) is 11.1 Å². The average Bonchev–Trinajstić information content (AvgIpc) is 3.22. The predicted octanol–water partition coefficient (Wildman–Crippen LogP) is 6.52. The van der Waals surface area contributed by atoms with E-state index in [-0.39, 0.29) is 18.4 Å². The summed E-state index contributed by atoms with van der Waals surface area (Å²) >= 11 is 0. The molecule has 0 spiro atoms. The Morgan fingerprint density at radius 1 is 0.871 bits per heavy atom. The first-order valence-electron chi connectivity index (χ1n) is 9.58. The van der Waals surface area contributed by atoms with Gasteiger partial charge in [0, 0.05) is 18.3 Å². The van der Waals surface area contributed by atoms with Gasteiger partial charge in [-0.1, -0.05) is 36.4 Å². The van der Waals surface area contributed by atoms with Gasteiger partial charge >= 0.3 is 12.4 Å². The second-order valence-corrected chi connectivity index (χ2v) is 7.25. The Labute approximate surface area is 174 Å². The second kappa shape index (κ2) is 7.86. The molecule has 1 aromatic carbocycles. The maximum Gasteiger partial charge on any atom is 0.433 e. The van der Waals surface area contributed by atoms with Gasteiger partial charge in [-0.05, 0) is 36.6 Å². The molecule has 2 aromatic heterocycles. The molecule has 0 N–H and O–H groups in total. The maximum absolute atomic E-state index is 13.3. The summed E-state index contributed by atoms with van der Waals surface area (Å²) in [7, 11) is 0. The third kappa shape index (κ3) is 4.35. The van der Waals surface area contributed by atoms with E-state index in [4.69, 9.17) is 0 Å². The Hall–Kier alpha value is -3.10. The molecule has 1 fully saturated rings. The van der Waals surface area contributed by atoms with Gasteiger partial charge in [-0.25, -0.2) is 4.98 Å². The molecule has 1 aliphatic heterocycles. The van der Waals surface area contributed by atoms with Crippen LogP contribution in [0.2, 0.25) is 0 Å². The molecule has 1 aliphatic rings. The van der Waals surface area contributed by atoms with Crippen molar-refractivity contribution in [2.75, 3.05) is 11.4 Å². The average molecular weight is 437 g/mol. The van der Waals surface area contributed by atoms with E-state index in [1.165, 1.54) is 4.90 Å². The molecule has 1 atom stereocenters. The standard InChI is InChI=1S/C22H17F6N3/c23-21(24,25)15-12-18(22(26,27)28)30-19(13-15)31-11-5-9-17(31)20-16(8-4-10-29-20)14-6-2-1-3-7-14/h1-4,6-8,10,12-13,17H,5,9,11H2. The van der Waals surface area contributed by atoms with E-state index >= 15 is 0 Å². The predicted molar refractivity (Wildman–Crippen MR) is 103 cm³/mol. The Morgan fingerprint density at radius 3 is 2.29 bits per heavy atom. The highest BCUT2D eigenvalue weighted by molar-refractivity contribution is 5.67. The van der Waals surface area contributed by atoms with Crippen molar-refractivity contribution in [2.24, 2.45) is 0 Å². The highest BCUT2D eigenvalue weighted by Gasteiger charge is 2.40. The lowest BCUT2D eigenvalue weighted by molar-refractivity contribution is -0.145. The molecule has 0 aliphatic carbocycles. The van der Waals surface area contributed by atoms with Gasteiger partial charge in [-0.3, -0.25) is 4.98 Å². The number of hydrogen-bond acceptors (Lipinski definition) is 3. The third-order valence-corrected chi connectivity index (χ3v) is 5.22. The van der Waals surface area contributed by atoms with Gasteiger partial charge in [0.25, 0.3) is 0 Å². The van der Waals surface area contributed by atoms with E-state index in [1.54, 1.807) is 12.3 Å². The number of nitrogens with zero attached hydrogens (tertiary/aromatic N) is 3. The summed E-state index contributed by atoms with van der Waals surface area (Å²) in [5, 5.41) is 0.